The molecule has 2 heterocycles. The monoisotopic (exact) mass is 296 g/mol. The van der Waals surface area contributed by atoms with Crippen LogP contribution in [0.5, 0.6) is 0 Å². The Morgan fingerprint density at radius 2 is 2.32 bits per heavy atom. The maximum absolute atomic E-state index is 12.0. The predicted molar refractivity (Wildman–Crippen MR) is 72.9 cm³/mol. The number of aryl methyl sites for hydroxylation is 1. The van der Waals surface area contributed by atoms with Gasteiger partial charge in [0.2, 0.25) is 0 Å². The molecule has 2 rings (SSSR count). The van der Waals surface area contributed by atoms with Gasteiger partial charge in [0.25, 0.3) is 5.91 Å². The second-order valence-corrected chi connectivity index (χ2v) is 5.58. The van der Waals surface area contributed by atoms with Crippen LogP contribution in [0.1, 0.15) is 17.9 Å². The van der Waals surface area contributed by atoms with Gasteiger partial charge < -0.3 is 14.3 Å². The van der Waals surface area contributed by atoms with Crippen LogP contribution in [0.15, 0.2) is 21.5 Å². The number of nitrogens with zero attached hydrogens (tertiary/aromatic N) is 1. The zero-order chi connectivity index (χ0) is 14.0. The molecular weight excluding hydrogens is 286 g/mol. The molecule has 1 aromatic heterocycles. The van der Waals surface area contributed by atoms with Gasteiger partial charge in [0, 0.05) is 25.0 Å². The zero-order valence-corrected chi connectivity index (χ0v) is 11.7. The SMILES string of the molecule is Cc1ccc(/C=C2/SC(=S)N(CCC(=O)[O-])C2=O)o1. The van der Waals surface area contributed by atoms with Crippen LogP contribution in [0.4, 0.5) is 0 Å². The Bertz CT molecular complexity index is 576. The molecule has 7 heteroatoms. The average molecular weight is 296 g/mol. The highest BCUT2D eigenvalue weighted by atomic mass is 32.2. The summed E-state index contributed by atoms with van der Waals surface area (Å²) in [4.78, 5) is 24.1. The zero-order valence-electron chi connectivity index (χ0n) is 10.0. The molecule has 1 amide bonds. The van der Waals surface area contributed by atoms with Crippen LogP contribution in [0, 0.1) is 6.92 Å². The quantitative estimate of drug-likeness (QED) is 0.608. The number of thiocarbonyl (C=S) groups is 1. The fourth-order valence-corrected chi connectivity index (χ4v) is 2.84. The minimum Gasteiger partial charge on any atom is -0.550 e. The molecule has 1 aliphatic rings. The maximum Gasteiger partial charge on any atom is 0.266 e. The van der Waals surface area contributed by atoms with Gasteiger partial charge in [-0.15, -0.1) is 0 Å². The lowest BCUT2D eigenvalue weighted by Gasteiger charge is -2.14. The number of carboxylic acids is 1. The third kappa shape index (κ3) is 3.24. The number of hydrogen-bond donors (Lipinski definition) is 0. The highest BCUT2D eigenvalue weighted by molar-refractivity contribution is 8.26. The van der Waals surface area contributed by atoms with Crippen molar-refractivity contribution < 1.29 is 19.1 Å². The van der Waals surface area contributed by atoms with E-state index in [-0.39, 0.29) is 18.9 Å². The van der Waals surface area contributed by atoms with E-state index in [0.29, 0.717) is 15.0 Å². The van der Waals surface area contributed by atoms with Gasteiger partial charge in [0.15, 0.2) is 0 Å². The standard InChI is InChI=1S/C12H11NO4S2/c1-7-2-3-8(17-7)6-9-11(16)13(12(18)19-9)5-4-10(14)15/h2-3,6H,4-5H2,1H3,(H,14,15)/p-1/b9-6+. The first-order valence-electron chi connectivity index (χ1n) is 5.49. The highest BCUT2D eigenvalue weighted by Crippen LogP contribution is 2.32. The van der Waals surface area contributed by atoms with Gasteiger partial charge in [-0.2, -0.15) is 0 Å². The Labute approximate surface area is 119 Å². The van der Waals surface area contributed by atoms with Crippen LogP contribution in [0.2, 0.25) is 0 Å². The summed E-state index contributed by atoms with van der Waals surface area (Å²) in [5.74, 6) is -0.193. The second-order valence-electron chi connectivity index (χ2n) is 3.90. The van der Waals surface area contributed by atoms with Crippen molar-refractivity contribution in [3.8, 4) is 0 Å². The molecule has 0 N–H and O–H groups in total. The highest BCUT2D eigenvalue weighted by Gasteiger charge is 2.31. The van der Waals surface area contributed by atoms with E-state index in [1.54, 1.807) is 18.2 Å². The van der Waals surface area contributed by atoms with Crippen LogP contribution >= 0.6 is 24.0 Å². The predicted octanol–water partition coefficient (Wildman–Crippen LogP) is 0.929. The van der Waals surface area contributed by atoms with Gasteiger partial charge in [-0.3, -0.25) is 9.69 Å². The first-order chi connectivity index (χ1) is 8.97. The molecule has 1 aromatic rings. The van der Waals surface area contributed by atoms with Crippen molar-refractivity contribution in [2.75, 3.05) is 6.54 Å². The van der Waals surface area contributed by atoms with E-state index in [4.69, 9.17) is 16.6 Å². The molecular formula is C12H10NO4S2-. The van der Waals surface area contributed by atoms with Crippen LogP contribution < -0.4 is 5.11 Å². The number of rotatable bonds is 4. The average Bonchev–Trinajstić information content (AvgIpc) is 2.83. The summed E-state index contributed by atoms with van der Waals surface area (Å²) in [5.41, 5.74) is 0. The molecule has 19 heavy (non-hydrogen) atoms. The van der Waals surface area contributed by atoms with Gasteiger partial charge in [0.05, 0.1) is 4.91 Å². The molecule has 0 unspecified atom stereocenters. The number of hydrogen-bond acceptors (Lipinski definition) is 6. The molecule has 1 aliphatic heterocycles. The van der Waals surface area contributed by atoms with Crippen molar-refractivity contribution in [1.29, 1.82) is 0 Å². The summed E-state index contributed by atoms with van der Waals surface area (Å²) < 4.78 is 5.70. The molecule has 0 spiro atoms. The summed E-state index contributed by atoms with van der Waals surface area (Å²) >= 11 is 6.18. The van der Waals surface area contributed by atoms with E-state index in [1.165, 1.54) is 4.90 Å². The minimum atomic E-state index is -1.21. The Kier molecular flexibility index (Phi) is 4.06. The Morgan fingerprint density at radius 3 is 2.89 bits per heavy atom. The summed E-state index contributed by atoms with van der Waals surface area (Å²) in [6, 6.07) is 3.55. The number of carbonyl (C=O) groups is 2. The van der Waals surface area contributed by atoms with E-state index >= 15 is 0 Å². The lowest BCUT2D eigenvalue weighted by molar-refractivity contribution is -0.305. The smallest absolute Gasteiger partial charge is 0.266 e. The minimum absolute atomic E-state index is 0.0293. The normalized spacial score (nSPS) is 17.5. The van der Waals surface area contributed by atoms with Crippen molar-refractivity contribution in [3.63, 3.8) is 0 Å². The third-order valence-corrected chi connectivity index (χ3v) is 3.83. The lowest BCUT2D eigenvalue weighted by Crippen LogP contribution is -2.33. The molecule has 100 valence electrons. The Morgan fingerprint density at radius 1 is 1.58 bits per heavy atom. The molecule has 0 aromatic carbocycles. The molecule has 1 saturated heterocycles. The summed E-state index contributed by atoms with van der Waals surface area (Å²) in [5, 5.41) is 10.4. The number of carbonyl (C=O) groups excluding carboxylic acids is 2. The van der Waals surface area contributed by atoms with Gasteiger partial charge in [0.1, 0.15) is 15.8 Å². The molecule has 1 fully saturated rings. The van der Waals surface area contributed by atoms with Crippen molar-refractivity contribution in [3.05, 3.63) is 28.6 Å². The van der Waals surface area contributed by atoms with Crippen molar-refractivity contribution in [1.82, 2.24) is 4.90 Å². The van der Waals surface area contributed by atoms with Crippen molar-refractivity contribution in [2.24, 2.45) is 0 Å². The maximum atomic E-state index is 12.0. The number of furan rings is 1. The molecule has 0 bridgehead atoms. The van der Waals surface area contributed by atoms with Crippen LogP contribution in [-0.2, 0) is 9.59 Å². The summed E-state index contributed by atoms with van der Waals surface area (Å²) in [7, 11) is 0. The molecule has 0 aliphatic carbocycles. The van der Waals surface area contributed by atoms with Crippen molar-refractivity contribution in [2.45, 2.75) is 13.3 Å². The number of amides is 1. The van der Waals surface area contributed by atoms with E-state index in [2.05, 4.69) is 0 Å². The van der Waals surface area contributed by atoms with Gasteiger partial charge in [-0.25, -0.2) is 0 Å². The van der Waals surface area contributed by atoms with Crippen LogP contribution in [0.25, 0.3) is 6.08 Å². The van der Waals surface area contributed by atoms with Gasteiger partial charge in [-0.05, 0) is 19.1 Å². The lowest BCUT2D eigenvalue weighted by atomic mass is 10.3. The molecule has 0 saturated carbocycles. The molecule has 0 atom stereocenters. The van der Waals surface area contributed by atoms with Crippen LogP contribution in [-0.4, -0.2) is 27.6 Å². The fourth-order valence-electron chi connectivity index (χ4n) is 1.56. The number of aliphatic carboxylic acids is 1. The van der Waals surface area contributed by atoms with E-state index in [1.807, 2.05) is 6.92 Å². The first-order valence-corrected chi connectivity index (χ1v) is 6.71. The summed E-state index contributed by atoms with van der Waals surface area (Å²) in [6.07, 6.45) is 1.37. The Hall–Kier alpha value is -1.60. The van der Waals surface area contributed by atoms with Gasteiger partial charge in [-0.1, -0.05) is 24.0 Å². The number of thioether (sulfide) groups is 1. The van der Waals surface area contributed by atoms with E-state index in [0.717, 1.165) is 17.5 Å². The topological polar surface area (TPSA) is 73.6 Å². The summed E-state index contributed by atoms with van der Waals surface area (Å²) in [6.45, 7) is 1.84. The fraction of sp³-hybridized carbons (Fsp3) is 0.250. The molecule has 0 radical (unpaired) electrons. The molecule has 5 nitrogen and oxygen atoms in total. The second kappa shape index (κ2) is 5.58. The van der Waals surface area contributed by atoms with E-state index in [9.17, 15) is 14.7 Å². The van der Waals surface area contributed by atoms with Gasteiger partial charge >= 0.3 is 0 Å². The van der Waals surface area contributed by atoms with E-state index < -0.39 is 5.97 Å². The van der Waals surface area contributed by atoms with Crippen LogP contribution in [0.3, 0.4) is 0 Å². The first kappa shape index (κ1) is 13.8. The largest absolute Gasteiger partial charge is 0.550 e. The Balaban J connectivity index is 2.13. The third-order valence-electron chi connectivity index (χ3n) is 2.45. The number of carboxylic acid groups (broad SMARTS) is 1. The van der Waals surface area contributed by atoms with Crippen molar-refractivity contribution >= 4 is 46.3 Å².